The van der Waals surface area contributed by atoms with Gasteiger partial charge in [-0.1, -0.05) is 28.1 Å². The molecule has 5 nitrogen and oxygen atoms in total. The van der Waals surface area contributed by atoms with Crippen LogP contribution in [0.25, 0.3) is 0 Å². The quantitative estimate of drug-likeness (QED) is 0.679. The second-order valence-corrected chi connectivity index (χ2v) is 6.62. The summed E-state index contributed by atoms with van der Waals surface area (Å²) in [6.45, 7) is 3.52. The van der Waals surface area contributed by atoms with Gasteiger partial charge in [-0.25, -0.2) is 4.39 Å². The summed E-state index contributed by atoms with van der Waals surface area (Å²) in [5.74, 6) is -1.06. The molecule has 0 radical (unpaired) electrons. The van der Waals surface area contributed by atoms with Crippen LogP contribution in [0.2, 0.25) is 0 Å². The van der Waals surface area contributed by atoms with E-state index in [1.807, 2.05) is 32.0 Å². The molecule has 0 aliphatic heterocycles. The summed E-state index contributed by atoms with van der Waals surface area (Å²) in [6, 6.07) is 10.0. The number of esters is 1. The lowest BCUT2D eigenvalue weighted by Crippen LogP contribution is -2.22. The van der Waals surface area contributed by atoms with Crippen molar-refractivity contribution in [3.8, 4) is 5.75 Å². The SMILES string of the molecule is Cc1ccc(C)c(OCCC(=O)OCC(=O)Nc2ccc(Br)cc2F)c1. The van der Waals surface area contributed by atoms with Crippen molar-refractivity contribution in [1.82, 2.24) is 0 Å². The van der Waals surface area contributed by atoms with E-state index in [9.17, 15) is 14.0 Å². The highest BCUT2D eigenvalue weighted by molar-refractivity contribution is 9.10. The van der Waals surface area contributed by atoms with E-state index in [4.69, 9.17) is 9.47 Å². The first-order valence-corrected chi connectivity index (χ1v) is 8.75. The Morgan fingerprint density at radius 2 is 1.92 bits per heavy atom. The van der Waals surface area contributed by atoms with Gasteiger partial charge in [-0.2, -0.15) is 0 Å². The van der Waals surface area contributed by atoms with E-state index in [0.29, 0.717) is 10.2 Å². The van der Waals surface area contributed by atoms with E-state index in [0.717, 1.165) is 11.1 Å². The zero-order valence-corrected chi connectivity index (χ0v) is 16.1. The molecule has 0 spiro atoms. The van der Waals surface area contributed by atoms with Gasteiger partial charge in [-0.05, 0) is 49.2 Å². The van der Waals surface area contributed by atoms with Crippen LogP contribution in [0.15, 0.2) is 40.9 Å². The number of anilines is 1. The summed E-state index contributed by atoms with van der Waals surface area (Å²) in [6.07, 6.45) is 0.00725. The Morgan fingerprint density at radius 1 is 1.15 bits per heavy atom. The van der Waals surface area contributed by atoms with Gasteiger partial charge in [0.15, 0.2) is 6.61 Å². The van der Waals surface area contributed by atoms with E-state index in [1.165, 1.54) is 12.1 Å². The number of carbonyl (C=O) groups excluding carboxylic acids is 2. The summed E-state index contributed by atoms with van der Waals surface area (Å²) in [5, 5.41) is 2.35. The number of hydrogen-bond acceptors (Lipinski definition) is 4. The zero-order chi connectivity index (χ0) is 19.1. The standard InChI is InChI=1S/C19H19BrFNO4/c1-12-3-4-13(2)17(9-12)25-8-7-19(24)26-11-18(23)22-16-6-5-14(20)10-15(16)21/h3-6,9-10H,7-8,11H2,1-2H3,(H,22,23). The molecule has 0 fully saturated rings. The molecule has 0 saturated heterocycles. The van der Waals surface area contributed by atoms with Gasteiger partial charge in [0.2, 0.25) is 0 Å². The van der Waals surface area contributed by atoms with Crippen molar-refractivity contribution in [1.29, 1.82) is 0 Å². The molecule has 7 heteroatoms. The van der Waals surface area contributed by atoms with E-state index < -0.39 is 24.3 Å². The lowest BCUT2D eigenvalue weighted by atomic mass is 10.1. The van der Waals surface area contributed by atoms with Crippen LogP contribution in [0.4, 0.5) is 10.1 Å². The minimum atomic E-state index is -0.616. The number of rotatable bonds is 7. The van der Waals surface area contributed by atoms with Crippen molar-refractivity contribution in [2.75, 3.05) is 18.5 Å². The van der Waals surface area contributed by atoms with Crippen molar-refractivity contribution in [3.05, 3.63) is 57.8 Å². The van der Waals surface area contributed by atoms with Crippen LogP contribution in [0, 0.1) is 19.7 Å². The number of aryl methyl sites for hydroxylation is 2. The molecule has 0 saturated carbocycles. The maximum atomic E-state index is 13.6. The van der Waals surface area contributed by atoms with Gasteiger partial charge in [-0.3, -0.25) is 9.59 Å². The molecule has 2 aromatic carbocycles. The fraction of sp³-hybridized carbons (Fsp3) is 0.263. The van der Waals surface area contributed by atoms with Crippen LogP contribution in [0.1, 0.15) is 17.5 Å². The predicted molar refractivity (Wildman–Crippen MR) is 99.7 cm³/mol. The lowest BCUT2D eigenvalue weighted by Gasteiger charge is -2.10. The Kier molecular flexibility index (Phi) is 7.15. The Hall–Kier alpha value is -2.41. The van der Waals surface area contributed by atoms with Crippen molar-refractivity contribution in [2.24, 2.45) is 0 Å². The molecule has 26 heavy (non-hydrogen) atoms. The molecule has 0 heterocycles. The molecule has 1 N–H and O–H groups in total. The van der Waals surface area contributed by atoms with Gasteiger partial charge in [0.05, 0.1) is 18.7 Å². The van der Waals surface area contributed by atoms with Crippen LogP contribution >= 0.6 is 15.9 Å². The van der Waals surface area contributed by atoms with Crippen LogP contribution in [-0.2, 0) is 14.3 Å². The van der Waals surface area contributed by atoms with Crippen molar-refractivity contribution in [2.45, 2.75) is 20.3 Å². The topological polar surface area (TPSA) is 64.6 Å². The van der Waals surface area contributed by atoms with Crippen molar-refractivity contribution >= 4 is 33.5 Å². The number of carbonyl (C=O) groups is 2. The molecule has 2 aromatic rings. The highest BCUT2D eigenvalue weighted by Gasteiger charge is 2.11. The lowest BCUT2D eigenvalue weighted by molar-refractivity contribution is -0.147. The number of nitrogens with one attached hydrogen (secondary N) is 1. The third-order valence-electron chi connectivity index (χ3n) is 3.48. The predicted octanol–water partition coefficient (Wildman–Crippen LogP) is 4.16. The van der Waals surface area contributed by atoms with Crippen LogP contribution < -0.4 is 10.1 Å². The maximum Gasteiger partial charge on any atom is 0.309 e. The second-order valence-electron chi connectivity index (χ2n) is 5.70. The molecular weight excluding hydrogens is 405 g/mol. The first kappa shape index (κ1) is 19.9. The smallest absolute Gasteiger partial charge is 0.309 e. The van der Waals surface area contributed by atoms with Gasteiger partial charge in [0, 0.05) is 4.47 Å². The third-order valence-corrected chi connectivity index (χ3v) is 3.97. The highest BCUT2D eigenvalue weighted by atomic mass is 79.9. The molecule has 0 atom stereocenters. The Labute approximate surface area is 159 Å². The Bertz CT molecular complexity index is 810. The average Bonchev–Trinajstić information content (AvgIpc) is 2.58. The number of amides is 1. The fourth-order valence-corrected chi connectivity index (χ4v) is 2.44. The normalized spacial score (nSPS) is 10.3. The molecule has 2 rings (SSSR count). The van der Waals surface area contributed by atoms with Crippen molar-refractivity contribution in [3.63, 3.8) is 0 Å². The Balaban J connectivity index is 1.72. The number of benzene rings is 2. The molecule has 0 aliphatic carbocycles. The molecule has 138 valence electrons. The highest BCUT2D eigenvalue weighted by Crippen LogP contribution is 2.20. The summed E-state index contributed by atoms with van der Waals surface area (Å²) in [4.78, 5) is 23.4. The largest absolute Gasteiger partial charge is 0.493 e. The molecule has 0 unspecified atom stereocenters. The first-order chi connectivity index (χ1) is 12.3. The average molecular weight is 424 g/mol. The van der Waals surface area contributed by atoms with Gasteiger partial charge >= 0.3 is 5.97 Å². The summed E-state index contributed by atoms with van der Waals surface area (Å²) in [5.41, 5.74) is 2.05. The summed E-state index contributed by atoms with van der Waals surface area (Å²) >= 11 is 3.13. The number of ether oxygens (including phenoxy) is 2. The van der Waals surface area contributed by atoms with E-state index in [2.05, 4.69) is 21.2 Å². The molecule has 0 aliphatic rings. The molecule has 1 amide bonds. The fourth-order valence-electron chi connectivity index (χ4n) is 2.10. The maximum absolute atomic E-state index is 13.6. The van der Waals surface area contributed by atoms with E-state index in [1.54, 1.807) is 6.07 Å². The summed E-state index contributed by atoms with van der Waals surface area (Å²) in [7, 11) is 0. The molecule has 0 aromatic heterocycles. The molecular formula is C19H19BrFNO4. The minimum absolute atomic E-state index is 0.00725. The Morgan fingerprint density at radius 3 is 2.65 bits per heavy atom. The number of hydrogen-bond donors (Lipinski definition) is 1. The molecule has 0 bridgehead atoms. The van der Waals surface area contributed by atoms with Crippen LogP contribution in [0.5, 0.6) is 5.75 Å². The minimum Gasteiger partial charge on any atom is -0.493 e. The van der Waals surface area contributed by atoms with Crippen LogP contribution in [0.3, 0.4) is 0 Å². The van der Waals surface area contributed by atoms with Gasteiger partial charge < -0.3 is 14.8 Å². The second kappa shape index (κ2) is 9.33. The van der Waals surface area contributed by atoms with Crippen molar-refractivity contribution < 1.29 is 23.5 Å². The summed E-state index contributed by atoms with van der Waals surface area (Å²) < 4.78 is 24.6. The zero-order valence-electron chi connectivity index (χ0n) is 14.5. The van der Waals surface area contributed by atoms with Gasteiger partial charge in [0.1, 0.15) is 11.6 Å². The monoisotopic (exact) mass is 423 g/mol. The van der Waals surface area contributed by atoms with E-state index >= 15 is 0 Å². The van der Waals surface area contributed by atoms with E-state index in [-0.39, 0.29) is 18.7 Å². The third kappa shape index (κ3) is 6.15. The first-order valence-electron chi connectivity index (χ1n) is 7.95. The number of halogens is 2. The van der Waals surface area contributed by atoms with Crippen LogP contribution in [-0.4, -0.2) is 25.1 Å². The van der Waals surface area contributed by atoms with Gasteiger partial charge in [0.25, 0.3) is 5.91 Å². The van der Waals surface area contributed by atoms with Gasteiger partial charge in [-0.15, -0.1) is 0 Å².